The molecule has 1 heterocycles. The van der Waals surface area contributed by atoms with Gasteiger partial charge in [0.25, 0.3) is 0 Å². The average molecular weight is 401 g/mol. The minimum absolute atomic E-state index is 0.879. The summed E-state index contributed by atoms with van der Waals surface area (Å²) < 4.78 is 7.26. The van der Waals surface area contributed by atoms with Gasteiger partial charge in [-0.15, -0.1) is 0 Å². The summed E-state index contributed by atoms with van der Waals surface area (Å²) in [5, 5.41) is 2.16. The van der Waals surface area contributed by atoms with E-state index in [0.29, 0.717) is 0 Å². The highest BCUT2D eigenvalue weighted by molar-refractivity contribution is 7.20. The molecule has 3 aromatic carbocycles. The lowest BCUT2D eigenvalue weighted by Gasteiger charge is -2.05. The summed E-state index contributed by atoms with van der Waals surface area (Å²) in [6, 6.07) is 27.9. The van der Waals surface area contributed by atoms with Crippen molar-refractivity contribution in [2.24, 2.45) is 0 Å². The fourth-order valence-electron chi connectivity index (χ4n) is 3.64. The van der Waals surface area contributed by atoms with Crippen LogP contribution in [0.5, 0.6) is 10.8 Å². The molecule has 0 bridgehead atoms. The molecule has 4 rings (SSSR count). The van der Waals surface area contributed by atoms with E-state index < -0.39 is 0 Å². The average Bonchev–Trinajstić information content (AvgIpc) is 3.16. The minimum Gasteiger partial charge on any atom is -0.447 e. The van der Waals surface area contributed by atoms with Gasteiger partial charge in [-0.3, -0.25) is 0 Å². The predicted octanol–water partition coefficient (Wildman–Crippen LogP) is 8.87. The summed E-state index contributed by atoms with van der Waals surface area (Å²) in [5.41, 5.74) is 3.99. The molecule has 1 nitrogen and oxygen atoms in total. The Morgan fingerprint density at radius 3 is 2.28 bits per heavy atom. The largest absolute Gasteiger partial charge is 0.447 e. The van der Waals surface area contributed by atoms with Crippen molar-refractivity contribution in [1.82, 2.24) is 0 Å². The smallest absolute Gasteiger partial charge is 0.182 e. The van der Waals surface area contributed by atoms with E-state index >= 15 is 0 Å². The number of hydrogen-bond donors (Lipinski definition) is 0. The van der Waals surface area contributed by atoms with Gasteiger partial charge < -0.3 is 4.74 Å². The molecule has 2 heteroatoms. The van der Waals surface area contributed by atoms with Gasteiger partial charge in [-0.1, -0.05) is 98.5 Å². The minimum atomic E-state index is 0.879. The summed E-state index contributed by atoms with van der Waals surface area (Å²) >= 11 is 1.70. The van der Waals surface area contributed by atoms with E-state index in [4.69, 9.17) is 4.74 Å². The van der Waals surface area contributed by atoms with Crippen LogP contribution >= 0.6 is 11.3 Å². The number of thiophene rings is 1. The molecule has 0 spiro atoms. The van der Waals surface area contributed by atoms with Crippen LogP contribution in [0.3, 0.4) is 0 Å². The number of benzene rings is 3. The van der Waals surface area contributed by atoms with Crippen molar-refractivity contribution in [2.45, 2.75) is 45.4 Å². The van der Waals surface area contributed by atoms with Crippen LogP contribution in [-0.2, 0) is 6.42 Å². The molecule has 4 aromatic rings. The quantitative estimate of drug-likeness (QED) is 0.255. The lowest BCUT2D eigenvalue weighted by atomic mass is 10.0. The number of unbranched alkanes of at least 4 members (excludes halogenated alkanes) is 4. The maximum Gasteiger partial charge on any atom is 0.182 e. The van der Waals surface area contributed by atoms with E-state index in [1.807, 2.05) is 30.3 Å². The first-order valence-electron chi connectivity index (χ1n) is 10.7. The molecule has 0 N–H and O–H groups in total. The molecule has 0 radical (unpaired) electrons. The Morgan fingerprint density at radius 1 is 0.724 bits per heavy atom. The van der Waals surface area contributed by atoms with E-state index in [0.717, 1.165) is 10.8 Å². The maximum atomic E-state index is 6.01. The predicted molar refractivity (Wildman–Crippen MR) is 126 cm³/mol. The standard InChI is InChI=1S/C27H28OS/c1-2-3-4-5-7-10-21-13-15-22(16-14-21)23-17-18-24-20-27(29-26(24)19-23)28-25-11-8-6-9-12-25/h6,8-9,11-20H,2-5,7,10H2,1H3. The number of rotatable bonds is 9. The van der Waals surface area contributed by atoms with Crippen molar-refractivity contribution in [3.05, 3.63) is 84.4 Å². The van der Waals surface area contributed by atoms with E-state index in [2.05, 4.69) is 55.5 Å². The Hall–Kier alpha value is -2.58. The molecular formula is C27H28OS. The molecule has 29 heavy (non-hydrogen) atoms. The molecule has 0 aliphatic carbocycles. The zero-order chi connectivity index (χ0) is 19.9. The highest BCUT2D eigenvalue weighted by Crippen LogP contribution is 2.37. The second-order valence-corrected chi connectivity index (χ2v) is 8.64. The Labute approximate surface area is 178 Å². The van der Waals surface area contributed by atoms with Gasteiger partial charge in [0, 0.05) is 10.8 Å². The lowest BCUT2D eigenvalue weighted by Crippen LogP contribution is -1.86. The van der Waals surface area contributed by atoms with Gasteiger partial charge in [0.1, 0.15) is 5.75 Å². The molecule has 0 atom stereocenters. The van der Waals surface area contributed by atoms with Gasteiger partial charge >= 0.3 is 0 Å². The van der Waals surface area contributed by atoms with E-state index in [1.165, 1.54) is 65.3 Å². The first-order chi connectivity index (χ1) is 14.3. The van der Waals surface area contributed by atoms with Crippen LogP contribution in [0.1, 0.15) is 44.6 Å². The van der Waals surface area contributed by atoms with E-state index in [-0.39, 0.29) is 0 Å². The third-order valence-electron chi connectivity index (χ3n) is 5.32. The van der Waals surface area contributed by atoms with Crippen LogP contribution in [0.4, 0.5) is 0 Å². The molecule has 0 aliphatic rings. The summed E-state index contributed by atoms with van der Waals surface area (Å²) in [6.07, 6.45) is 7.87. The first kappa shape index (κ1) is 19.7. The van der Waals surface area contributed by atoms with Crippen LogP contribution in [-0.4, -0.2) is 0 Å². The molecule has 0 aliphatic heterocycles. The van der Waals surface area contributed by atoms with E-state index in [9.17, 15) is 0 Å². The second kappa shape index (κ2) is 9.76. The number of para-hydroxylation sites is 1. The van der Waals surface area contributed by atoms with Gasteiger partial charge in [0.05, 0.1) is 0 Å². The van der Waals surface area contributed by atoms with Gasteiger partial charge in [-0.2, -0.15) is 0 Å². The molecule has 1 aromatic heterocycles. The van der Waals surface area contributed by atoms with Crippen molar-refractivity contribution in [3.8, 4) is 21.9 Å². The molecular weight excluding hydrogens is 372 g/mol. The van der Waals surface area contributed by atoms with Crippen molar-refractivity contribution < 1.29 is 4.74 Å². The Morgan fingerprint density at radius 2 is 1.48 bits per heavy atom. The zero-order valence-electron chi connectivity index (χ0n) is 17.1. The number of ether oxygens (including phenoxy) is 1. The highest BCUT2D eigenvalue weighted by Gasteiger charge is 2.06. The SMILES string of the molecule is CCCCCCCc1ccc(-c2ccc3cc(Oc4ccccc4)sc3c2)cc1. The van der Waals surface area contributed by atoms with Crippen molar-refractivity contribution in [1.29, 1.82) is 0 Å². The van der Waals surface area contributed by atoms with Gasteiger partial charge in [0.2, 0.25) is 0 Å². The van der Waals surface area contributed by atoms with Crippen LogP contribution < -0.4 is 4.74 Å². The van der Waals surface area contributed by atoms with E-state index in [1.54, 1.807) is 11.3 Å². The van der Waals surface area contributed by atoms with Gasteiger partial charge in [0.15, 0.2) is 5.06 Å². The Balaban J connectivity index is 1.43. The fourth-order valence-corrected chi connectivity index (χ4v) is 4.61. The van der Waals surface area contributed by atoms with Crippen molar-refractivity contribution >= 4 is 21.4 Å². The molecule has 0 saturated carbocycles. The summed E-state index contributed by atoms with van der Waals surface area (Å²) in [7, 11) is 0. The van der Waals surface area contributed by atoms with Crippen LogP contribution in [0.2, 0.25) is 0 Å². The van der Waals surface area contributed by atoms with Crippen LogP contribution in [0.25, 0.3) is 21.2 Å². The maximum absolute atomic E-state index is 6.01. The molecule has 0 saturated heterocycles. The van der Waals surface area contributed by atoms with Gasteiger partial charge in [-0.25, -0.2) is 0 Å². The summed E-state index contributed by atoms with van der Waals surface area (Å²) in [6.45, 7) is 2.27. The fraction of sp³-hybridized carbons (Fsp3) is 0.259. The van der Waals surface area contributed by atoms with Gasteiger partial charge in [-0.05, 0) is 53.1 Å². The summed E-state index contributed by atoms with van der Waals surface area (Å²) in [4.78, 5) is 0. The molecule has 0 amide bonds. The molecule has 0 unspecified atom stereocenters. The Kier molecular flexibility index (Phi) is 6.63. The van der Waals surface area contributed by atoms with Crippen LogP contribution in [0.15, 0.2) is 78.9 Å². The number of aryl methyl sites for hydroxylation is 1. The second-order valence-electron chi connectivity index (χ2n) is 7.59. The van der Waals surface area contributed by atoms with Crippen molar-refractivity contribution in [3.63, 3.8) is 0 Å². The number of fused-ring (bicyclic) bond motifs is 1. The summed E-state index contributed by atoms with van der Waals surface area (Å²) in [5.74, 6) is 0.879. The highest BCUT2D eigenvalue weighted by atomic mass is 32.1. The topological polar surface area (TPSA) is 9.23 Å². The Bertz CT molecular complexity index is 1030. The molecule has 148 valence electrons. The number of hydrogen-bond acceptors (Lipinski definition) is 2. The van der Waals surface area contributed by atoms with Crippen LogP contribution in [0, 0.1) is 0 Å². The third kappa shape index (κ3) is 5.27. The molecule has 0 fully saturated rings. The first-order valence-corrected chi connectivity index (χ1v) is 11.5. The zero-order valence-corrected chi connectivity index (χ0v) is 17.9. The lowest BCUT2D eigenvalue weighted by molar-refractivity contribution is 0.497. The third-order valence-corrected chi connectivity index (χ3v) is 6.29. The van der Waals surface area contributed by atoms with Crippen molar-refractivity contribution in [2.75, 3.05) is 0 Å². The monoisotopic (exact) mass is 400 g/mol. The normalized spacial score (nSPS) is 11.1.